The summed E-state index contributed by atoms with van der Waals surface area (Å²) in [6.07, 6.45) is 4.85. The van der Waals surface area contributed by atoms with Crippen LogP contribution >= 0.6 is 11.8 Å². The highest BCUT2D eigenvalue weighted by Crippen LogP contribution is 2.37. The molecular weight excluding hydrogens is 401 g/mol. The summed E-state index contributed by atoms with van der Waals surface area (Å²) >= 11 is -0.243. The van der Waals surface area contributed by atoms with Crippen LogP contribution in [-0.2, 0) is 4.79 Å². The fourth-order valence-electron chi connectivity index (χ4n) is 3.36. The Morgan fingerprint density at radius 2 is 1.66 bits per heavy atom. The first-order valence-corrected chi connectivity index (χ1v) is 10.2. The SMILES string of the molecule is O=C(Nc1cccc(SC(F)(F)F)c1)c1ccccc1NC(=O)C1CCCCC1. The normalized spacial score (nSPS) is 15.0. The molecule has 0 spiro atoms. The molecule has 1 aliphatic carbocycles. The predicted molar refractivity (Wildman–Crippen MR) is 108 cm³/mol. The van der Waals surface area contributed by atoms with Crippen molar-refractivity contribution in [1.29, 1.82) is 0 Å². The highest BCUT2D eigenvalue weighted by Gasteiger charge is 2.29. The van der Waals surface area contributed by atoms with Crippen LogP contribution in [0.25, 0.3) is 0 Å². The number of amides is 2. The molecule has 0 atom stereocenters. The molecule has 0 radical (unpaired) electrons. The Morgan fingerprint density at radius 3 is 2.38 bits per heavy atom. The molecule has 2 N–H and O–H groups in total. The quantitative estimate of drug-likeness (QED) is 0.575. The van der Waals surface area contributed by atoms with Crippen LogP contribution in [0.1, 0.15) is 42.5 Å². The molecule has 1 fully saturated rings. The molecule has 29 heavy (non-hydrogen) atoms. The van der Waals surface area contributed by atoms with Crippen LogP contribution in [-0.4, -0.2) is 17.3 Å². The number of halogens is 3. The monoisotopic (exact) mass is 422 g/mol. The molecule has 4 nitrogen and oxygen atoms in total. The number of carbonyl (C=O) groups is 2. The molecule has 1 saturated carbocycles. The van der Waals surface area contributed by atoms with Gasteiger partial charge >= 0.3 is 5.51 Å². The number of rotatable bonds is 5. The lowest BCUT2D eigenvalue weighted by molar-refractivity contribution is -0.120. The van der Waals surface area contributed by atoms with Gasteiger partial charge in [-0.2, -0.15) is 13.2 Å². The van der Waals surface area contributed by atoms with Gasteiger partial charge < -0.3 is 10.6 Å². The van der Waals surface area contributed by atoms with Crippen molar-refractivity contribution in [3.63, 3.8) is 0 Å². The summed E-state index contributed by atoms with van der Waals surface area (Å²) in [6, 6.07) is 12.1. The van der Waals surface area contributed by atoms with Crippen LogP contribution in [0.4, 0.5) is 24.5 Å². The first-order valence-electron chi connectivity index (χ1n) is 9.39. The number of nitrogens with one attached hydrogen (secondary N) is 2. The van der Waals surface area contributed by atoms with Gasteiger partial charge in [0.25, 0.3) is 5.91 Å². The second kappa shape index (κ2) is 9.35. The van der Waals surface area contributed by atoms with Gasteiger partial charge in [-0.25, -0.2) is 0 Å². The predicted octanol–water partition coefficient (Wildman–Crippen LogP) is 6.07. The Bertz CT molecular complexity index is 880. The van der Waals surface area contributed by atoms with E-state index in [0.29, 0.717) is 5.69 Å². The van der Waals surface area contributed by atoms with E-state index in [2.05, 4.69) is 10.6 Å². The number of para-hydroxylation sites is 1. The molecule has 0 bridgehead atoms. The van der Waals surface area contributed by atoms with E-state index < -0.39 is 11.4 Å². The van der Waals surface area contributed by atoms with Crippen molar-refractivity contribution in [2.45, 2.75) is 42.5 Å². The Kier molecular flexibility index (Phi) is 6.84. The molecule has 3 rings (SSSR count). The van der Waals surface area contributed by atoms with E-state index in [4.69, 9.17) is 0 Å². The molecule has 154 valence electrons. The number of benzene rings is 2. The van der Waals surface area contributed by atoms with Crippen LogP contribution in [0.15, 0.2) is 53.4 Å². The van der Waals surface area contributed by atoms with Crippen LogP contribution in [0.2, 0.25) is 0 Å². The zero-order valence-corrected chi connectivity index (χ0v) is 16.4. The minimum absolute atomic E-state index is 0.0193. The number of hydrogen-bond donors (Lipinski definition) is 2. The average Bonchev–Trinajstić information content (AvgIpc) is 2.68. The lowest BCUT2D eigenvalue weighted by Gasteiger charge is -2.21. The summed E-state index contributed by atoms with van der Waals surface area (Å²) < 4.78 is 37.7. The maximum atomic E-state index is 12.7. The van der Waals surface area contributed by atoms with Crippen LogP contribution < -0.4 is 10.6 Å². The van der Waals surface area contributed by atoms with Gasteiger partial charge in [0.05, 0.1) is 11.3 Å². The molecule has 2 aromatic rings. The van der Waals surface area contributed by atoms with Gasteiger partial charge in [-0.1, -0.05) is 37.5 Å². The molecule has 0 saturated heterocycles. The minimum atomic E-state index is -4.40. The van der Waals surface area contributed by atoms with E-state index in [-0.39, 0.29) is 39.7 Å². The second-order valence-electron chi connectivity index (χ2n) is 6.90. The van der Waals surface area contributed by atoms with Crippen LogP contribution in [0, 0.1) is 5.92 Å². The molecule has 0 aromatic heterocycles. The first kappa shape index (κ1) is 21.2. The standard InChI is InChI=1S/C21H21F3N2O2S/c22-21(23,24)29-16-10-6-9-15(13-16)25-20(28)17-11-4-5-12-18(17)26-19(27)14-7-2-1-3-8-14/h4-6,9-14H,1-3,7-8H2,(H,25,28)(H,26,27). The van der Waals surface area contributed by atoms with Crippen molar-refractivity contribution in [3.05, 3.63) is 54.1 Å². The van der Waals surface area contributed by atoms with E-state index in [1.54, 1.807) is 24.3 Å². The van der Waals surface area contributed by atoms with Crippen LogP contribution in [0.5, 0.6) is 0 Å². The number of thioether (sulfide) groups is 1. The second-order valence-corrected chi connectivity index (χ2v) is 8.04. The Labute approximate surface area is 171 Å². The fraction of sp³-hybridized carbons (Fsp3) is 0.333. The van der Waals surface area contributed by atoms with Crippen molar-refractivity contribution in [2.24, 2.45) is 5.92 Å². The Morgan fingerprint density at radius 1 is 0.931 bits per heavy atom. The van der Waals surface area contributed by atoms with E-state index in [1.165, 1.54) is 24.3 Å². The number of anilines is 2. The first-order chi connectivity index (χ1) is 13.8. The third kappa shape index (κ3) is 6.25. The Balaban J connectivity index is 1.71. The molecule has 0 heterocycles. The third-order valence-corrected chi connectivity index (χ3v) is 5.45. The molecular formula is C21H21F3N2O2S. The highest BCUT2D eigenvalue weighted by atomic mass is 32.2. The number of carbonyl (C=O) groups excluding carboxylic acids is 2. The van der Waals surface area contributed by atoms with Crippen molar-refractivity contribution in [2.75, 3.05) is 10.6 Å². The molecule has 1 aliphatic rings. The van der Waals surface area contributed by atoms with Gasteiger partial charge in [0.2, 0.25) is 5.91 Å². The van der Waals surface area contributed by atoms with Crippen LogP contribution in [0.3, 0.4) is 0 Å². The molecule has 2 amide bonds. The van der Waals surface area contributed by atoms with E-state index in [9.17, 15) is 22.8 Å². The summed E-state index contributed by atoms with van der Waals surface area (Å²) in [5.74, 6) is -0.664. The molecule has 0 aliphatic heterocycles. The summed E-state index contributed by atoms with van der Waals surface area (Å²) in [5, 5.41) is 5.44. The minimum Gasteiger partial charge on any atom is -0.325 e. The van der Waals surface area contributed by atoms with Gasteiger partial charge in [-0.05, 0) is 54.9 Å². The zero-order chi connectivity index (χ0) is 20.9. The Hall–Kier alpha value is -2.48. The van der Waals surface area contributed by atoms with Crippen molar-refractivity contribution >= 4 is 35.0 Å². The fourth-order valence-corrected chi connectivity index (χ4v) is 3.96. The summed E-state index contributed by atoms with van der Waals surface area (Å²) in [6.45, 7) is 0. The van der Waals surface area contributed by atoms with Gasteiger partial charge in [0.15, 0.2) is 0 Å². The summed E-state index contributed by atoms with van der Waals surface area (Å²) in [7, 11) is 0. The van der Waals surface area contributed by atoms with E-state index >= 15 is 0 Å². The number of hydrogen-bond acceptors (Lipinski definition) is 3. The average molecular weight is 422 g/mol. The van der Waals surface area contributed by atoms with Crippen molar-refractivity contribution < 1.29 is 22.8 Å². The molecule has 8 heteroatoms. The van der Waals surface area contributed by atoms with E-state index in [0.717, 1.165) is 32.1 Å². The van der Waals surface area contributed by atoms with E-state index in [1.807, 2.05) is 0 Å². The largest absolute Gasteiger partial charge is 0.446 e. The maximum absolute atomic E-state index is 12.7. The van der Waals surface area contributed by atoms with Gasteiger partial charge in [0.1, 0.15) is 0 Å². The van der Waals surface area contributed by atoms with Crippen molar-refractivity contribution in [1.82, 2.24) is 0 Å². The van der Waals surface area contributed by atoms with Gasteiger partial charge in [-0.15, -0.1) is 0 Å². The lowest BCUT2D eigenvalue weighted by Crippen LogP contribution is -2.26. The highest BCUT2D eigenvalue weighted by molar-refractivity contribution is 8.00. The third-order valence-electron chi connectivity index (χ3n) is 4.73. The maximum Gasteiger partial charge on any atom is 0.446 e. The molecule has 0 unspecified atom stereocenters. The zero-order valence-electron chi connectivity index (χ0n) is 15.6. The topological polar surface area (TPSA) is 58.2 Å². The molecule has 2 aromatic carbocycles. The van der Waals surface area contributed by atoms with Gasteiger partial charge in [-0.3, -0.25) is 9.59 Å². The smallest absolute Gasteiger partial charge is 0.325 e. The van der Waals surface area contributed by atoms with Gasteiger partial charge in [0, 0.05) is 16.5 Å². The summed E-state index contributed by atoms with van der Waals surface area (Å²) in [4.78, 5) is 25.2. The van der Waals surface area contributed by atoms with Crippen molar-refractivity contribution in [3.8, 4) is 0 Å². The summed E-state index contributed by atoms with van der Waals surface area (Å²) in [5.41, 5.74) is -3.51. The lowest BCUT2D eigenvalue weighted by atomic mass is 9.88. The number of alkyl halides is 3.